The van der Waals surface area contributed by atoms with Crippen LogP contribution < -0.4 is 33.2 Å². The van der Waals surface area contributed by atoms with E-state index < -0.39 is 47.9 Å². The molecule has 3 amide bonds. The molecule has 4 atom stereocenters. The summed E-state index contributed by atoms with van der Waals surface area (Å²) in [5.41, 5.74) is 18.7. The van der Waals surface area contributed by atoms with Crippen LogP contribution >= 0.6 is 0 Å². The van der Waals surface area contributed by atoms with Crippen LogP contribution in [0.1, 0.15) is 30.9 Å². The number of nitrogens with one attached hydrogen (secondary N) is 4. The van der Waals surface area contributed by atoms with E-state index in [0.717, 1.165) is 16.5 Å². The number of carboxylic acids is 1. The molecule has 43 heavy (non-hydrogen) atoms. The van der Waals surface area contributed by atoms with Crippen molar-refractivity contribution in [3.8, 4) is 5.75 Å². The van der Waals surface area contributed by atoms with E-state index in [1.54, 1.807) is 18.3 Å². The molecule has 4 unspecified atom stereocenters. The first-order valence-corrected chi connectivity index (χ1v) is 13.7. The van der Waals surface area contributed by atoms with Crippen LogP contribution in [0.4, 0.5) is 0 Å². The average Bonchev–Trinajstić information content (AvgIpc) is 3.37. The molecular weight excluding hydrogens is 556 g/mol. The number of para-hydroxylation sites is 1. The van der Waals surface area contributed by atoms with Gasteiger partial charge < -0.3 is 48.3 Å². The molecule has 0 fully saturated rings. The number of carbonyl (C=O) groups is 4. The first kappa shape index (κ1) is 32.4. The van der Waals surface area contributed by atoms with E-state index in [1.807, 2.05) is 24.3 Å². The largest absolute Gasteiger partial charge is 0.508 e. The normalized spacial score (nSPS) is 13.7. The number of aromatic nitrogens is 1. The predicted octanol–water partition coefficient (Wildman–Crippen LogP) is -0.401. The highest BCUT2D eigenvalue weighted by Crippen LogP contribution is 2.19. The minimum absolute atomic E-state index is 0.0153. The summed E-state index contributed by atoms with van der Waals surface area (Å²) in [4.78, 5) is 58.6. The fourth-order valence-corrected chi connectivity index (χ4v) is 4.42. The first-order valence-electron chi connectivity index (χ1n) is 13.7. The van der Waals surface area contributed by atoms with Crippen molar-refractivity contribution in [1.82, 2.24) is 20.9 Å². The molecule has 14 nitrogen and oxygen atoms in total. The molecule has 3 rings (SSSR count). The van der Waals surface area contributed by atoms with E-state index >= 15 is 0 Å². The summed E-state index contributed by atoms with van der Waals surface area (Å²) in [5, 5.41) is 28.0. The monoisotopic (exact) mass is 594 g/mol. The third-order valence-electron chi connectivity index (χ3n) is 6.71. The summed E-state index contributed by atoms with van der Waals surface area (Å²) in [7, 11) is 0. The average molecular weight is 595 g/mol. The molecule has 0 aliphatic rings. The molecule has 12 N–H and O–H groups in total. The Labute approximate surface area is 248 Å². The molecule has 14 heteroatoms. The fourth-order valence-electron chi connectivity index (χ4n) is 4.42. The Balaban J connectivity index is 1.82. The van der Waals surface area contributed by atoms with Gasteiger partial charge in [-0.3, -0.25) is 19.4 Å². The van der Waals surface area contributed by atoms with E-state index in [9.17, 15) is 29.4 Å². The van der Waals surface area contributed by atoms with E-state index in [2.05, 4.69) is 25.9 Å². The Bertz CT molecular complexity index is 1450. The maximum absolute atomic E-state index is 13.6. The van der Waals surface area contributed by atoms with Crippen LogP contribution in [0.3, 0.4) is 0 Å². The Hall–Kier alpha value is -5.11. The highest BCUT2D eigenvalue weighted by molar-refractivity contribution is 5.94. The van der Waals surface area contributed by atoms with Gasteiger partial charge in [-0.05, 0) is 49.1 Å². The van der Waals surface area contributed by atoms with Crippen molar-refractivity contribution in [2.24, 2.45) is 22.2 Å². The highest BCUT2D eigenvalue weighted by atomic mass is 16.4. The van der Waals surface area contributed by atoms with Crippen molar-refractivity contribution in [3.63, 3.8) is 0 Å². The molecule has 0 radical (unpaired) electrons. The number of aromatic amines is 1. The van der Waals surface area contributed by atoms with Gasteiger partial charge in [-0.2, -0.15) is 0 Å². The number of nitrogens with two attached hydrogens (primary N) is 3. The van der Waals surface area contributed by atoms with Gasteiger partial charge in [0, 0.05) is 36.5 Å². The number of hydrogen-bond donors (Lipinski definition) is 9. The zero-order valence-corrected chi connectivity index (χ0v) is 23.7. The molecule has 0 aliphatic heterocycles. The standard InChI is InChI=1S/C29H38N8O6/c1-16(30)25(39)36-23(14-18-15-34-21-6-3-2-5-20(18)21)27(41)35-22(7-4-12-33-29(31)32)26(40)37-24(28(42)43)13-17-8-10-19(38)11-9-17/h2-3,5-6,8-11,15-16,22-24,34,38H,4,7,12-14,30H2,1H3,(H,35,41)(H,36,39)(H,37,40)(H,42,43)(H4,31,32,33). The second-order valence-corrected chi connectivity index (χ2v) is 10.2. The second-order valence-electron chi connectivity index (χ2n) is 10.2. The van der Waals surface area contributed by atoms with E-state index in [0.29, 0.717) is 5.56 Å². The maximum Gasteiger partial charge on any atom is 0.326 e. The van der Waals surface area contributed by atoms with Crippen molar-refractivity contribution >= 4 is 40.6 Å². The second kappa shape index (κ2) is 15.2. The van der Waals surface area contributed by atoms with Crippen LogP contribution in [-0.4, -0.2) is 75.6 Å². The molecule has 0 bridgehead atoms. The topological polar surface area (TPSA) is 251 Å². The number of benzene rings is 2. The number of aromatic hydroxyl groups is 1. The lowest BCUT2D eigenvalue weighted by Gasteiger charge is -2.25. The number of aliphatic carboxylic acids is 1. The van der Waals surface area contributed by atoms with Crippen LogP contribution in [0, 0.1) is 0 Å². The van der Waals surface area contributed by atoms with Crippen molar-refractivity contribution in [3.05, 3.63) is 65.9 Å². The Morgan fingerprint density at radius 2 is 1.51 bits per heavy atom. The van der Waals surface area contributed by atoms with E-state index in [-0.39, 0.29) is 43.9 Å². The van der Waals surface area contributed by atoms with Gasteiger partial charge in [-0.1, -0.05) is 30.3 Å². The van der Waals surface area contributed by atoms with Gasteiger partial charge in [0.2, 0.25) is 17.7 Å². The van der Waals surface area contributed by atoms with Crippen molar-refractivity contribution in [2.75, 3.05) is 6.54 Å². The molecule has 0 aliphatic carbocycles. The molecule has 2 aromatic carbocycles. The van der Waals surface area contributed by atoms with Gasteiger partial charge in [-0.15, -0.1) is 0 Å². The van der Waals surface area contributed by atoms with Crippen LogP contribution in [0.25, 0.3) is 10.9 Å². The van der Waals surface area contributed by atoms with Crippen LogP contribution in [0.5, 0.6) is 5.75 Å². The lowest BCUT2D eigenvalue weighted by atomic mass is 10.0. The molecular formula is C29H38N8O6. The van der Waals surface area contributed by atoms with Crippen molar-refractivity contribution < 1.29 is 29.4 Å². The molecule has 1 heterocycles. The first-order chi connectivity index (χ1) is 20.4. The minimum Gasteiger partial charge on any atom is -0.508 e. The predicted molar refractivity (Wildman–Crippen MR) is 161 cm³/mol. The van der Waals surface area contributed by atoms with E-state index in [1.165, 1.54) is 19.1 Å². The van der Waals surface area contributed by atoms with Crippen LogP contribution in [0.15, 0.2) is 59.7 Å². The molecule has 0 saturated heterocycles. The van der Waals surface area contributed by atoms with Crippen molar-refractivity contribution in [2.45, 2.75) is 56.8 Å². The number of amides is 3. The molecule has 3 aromatic rings. The summed E-state index contributed by atoms with van der Waals surface area (Å²) in [5.74, 6) is -3.37. The number of aliphatic imine (C=N–C) groups is 1. The number of phenols is 1. The molecule has 0 saturated carbocycles. The number of carbonyl (C=O) groups excluding carboxylic acids is 3. The molecule has 230 valence electrons. The number of carboxylic acid groups (broad SMARTS) is 1. The van der Waals surface area contributed by atoms with Gasteiger partial charge in [0.25, 0.3) is 0 Å². The molecule has 1 aromatic heterocycles. The smallest absolute Gasteiger partial charge is 0.326 e. The SMILES string of the molecule is CC(N)C(=O)NC(Cc1c[nH]c2ccccc12)C(=O)NC(CCCN=C(N)N)C(=O)NC(Cc1ccc(O)cc1)C(=O)O. The number of hydrogen-bond acceptors (Lipinski definition) is 7. The third kappa shape index (κ3) is 9.74. The number of rotatable bonds is 15. The summed E-state index contributed by atoms with van der Waals surface area (Å²) in [6.45, 7) is 1.65. The minimum atomic E-state index is -1.33. The van der Waals surface area contributed by atoms with Crippen LogP contribution in [-0.2, 0) is 32.0 Å². The highest BCUT2D eigenvalue weighted by Gasteiger charge is 2.30. The van der Waals surface area contributed by atoms with Gasteiger partial charge in [0.15, 0.2) is 5.96 Å². The summed E-state index contributed by atoms with van der Waals surface area (Å²) in [6, 6.07) is 8.88. The number of phenolic OH excluding ortho intramolecular Hbond substituents is 1. The summed E-state index contributed by atoms with van der Waals surface area (Å²) >= 11 is 0. The van der Waals surface area contributed by atoms with Gasteiger partial charge >= 0.3 is 5.97 Å². The lowest BCUT2D eigenvalue weighted by molar-refractivity contribution is -0.142. The van der Waals surface area contributed by atoms with Crippen LogP contribution in [0.2, 0.25) is 0 Å². The number of H-pyrrole nitrogens is 1. The quantitative estimate of drug-likeness (QED) is 0.0629. The molecule has 0 spiro atoms. The Morgan fingerprint density at radius 3 is 2.16 bits per heavy atom. The van der Waals surface area contributed by atoms with Gasteiger partial charge in [0.1, 0.15) is 23.9 Å². The number of guanidine groups is 1. The summed E-state index contributed by atoms with van der Waals surface area (Å²) in [6.07, 6.45) is 2.12. The lowest BCUT2D eigenvalue weighted by Crippen LogP contribution is -2.57. The zero-order valence-electron chi connectivity index (χ0n) is 23.7. The maximum atomic E-state index is 13.6. The summed E-state index contributed by atoms with van der Waals surface area (Å²) < 4.78 is 0. The number of fused-ring (bicyclic) bond motifs is 1. The van der Waals surface area contributed by atoms with Gasteiger partial charge in [-0.25, -0.2) is 4.79 Å². The van der Waals surface area contributed by atoms with Gasteiger partial charge in [0.05, 0.1) is 6.04 Å². The Morgan fingerprint density at radius 1 is 0.884 bits per heavy atom. The van der Waals surface area contributed by atoms with E-state index in [4.69, 9.17) is 17.2 Å². The fraction of sp³-hybridized carbons (Fsp3) is 0.345. The van der Waals surface area contributed by atoms with Crippen molar-refractivity contribution in [1.29, 1.82) is 0 Å². The third-order valence-corrected chi connectivity index (χ3v) is 6.71. The zero-order chi connectivity index (χ0) is 31.5. The number of nitrogens with zero attached hydrogens (tertiary/aromatic N) is 1. The Kier molecular flexibility index (Phi) is 11.5.